The van der Waals surface area contributed by atoms with Gasteiger partial charge in [0.1, 0.15) is 5.75 Å². The molecule has 0 radical (unpaired) electrons. The normalized spacial score (nSPS) is 11.4. The number of methoxy groups -OCH3 is 1. The molecule has 4 aromatic rings. The maximum Gasteiger partial charge on any atom is 0.420 e. The van der Waals surface area contributed by atoms with E-state index in [1.165, 1.54) is 25.4 Å². The van der Waals surface area contributed by atoms with Gasteiger partial charge in [-0.2, -0.15) is 13.2 Å². The highest BCUT2D eigenvalue weighted by atomic mass is 19.4. The Bertz CT molecular complexity index is 1270. The summed E-state index contributed by atoms with van der Waals surface area (Å²) in [5, 5.41) is 12.1. The van der Waals surface area contributed by atoms with Crippen LogP contribution in [-0.4, -0.2) is 27.8 Å². The Morgan fingerprint density at radius 2 is 1.84 bits per heavy atom. The Hall–Kier alpha value is -4.01. The first-order chi connectivity index (χ1) is 14.8. The maximum absolute atomic E-state index is 13.2. The lowest BCUT2D eigenvalue weighted by Gasteiger charge is -2.14. The predicted octanol–water partition coefficient (Wildman–Crippen LogP) is 5.21. The average molecular weight is 423 g/mol. The van der Waals surface area contributed by atoms with E-state index in [2.05, 4.69) is 20.3 Å². The standard InChI is InChI=1S/C22H16F3N5O/c1-31-19-7-6-15(11-16(19)22(23,24)25)29-21-27-9-8-18(30-21)20(26)14-10-13-4-2-3-5-17(13)28-12-14/h2-12,26H,1H3,(H,27,29,30). The first-order valence-corrected chi connectivity index (χ1v) is 9.14. The van der Waals surface area contributed by atoms with Gasteiger partial charge in [0.2, 0.25) is 5.95 Å². The molecule has 0 bridgehead atoms. The third-order valence-corrected chi connectivity index (χ3v) is 4.55. The molecule has 0 amide bonds. The molecular formula is C22H16F3N5O. The van der Waals surface area contributed by atoms with Crippen molar-refractivity contribution >= 4 is 28.3 Å². The van der Waals surface area contributed by atoms with Gasteiger partial charge in [-0.1, -0.05) is 18.2 Å². The highest BCUT2D eigenvalue weighted by Crippen LogP contribution is 2.38. The van der Waals surface area contributed by atoms with Crippen LogP contribution < -0.4 is 10.1 Å². The van der Waals surface area contributed by atoms with E-state index < -0.39 is 11.7 Å². The minimum atomic E-state index is -4.57. The number of para-hydroxylation sites is 1. The molecule has 6 nitrogen and oxygen atoms in total. The first-order valence-electron chi connectivity index (χ1n) is 9.14. The molecule has 0 saturated heterocycles. The molecule has 2 heterocycles. The zero-order valence-corrected chi connectivity index (χ0v) is 16.2. The number of halogens is 3. The topological polar surface area (TPSA) is 83.8 Å². The van der Waals surface area contributed by atoms with E-state index in [0.717, 1.165) is 17.0 Å². The highest BCUT2D eigenvalue weighted by Gasteiger charge is 2.34. The smallest absolute Gasteiger partial charge is 0.420 e. The van der Waals surface area contributed by atoms with Gasteiger partial charge in [0.05, 0.1) is 29.6 Å². The quantitative estimate of drug-likeness (QED) is 0.431. The van der Waals surface area contributed by atoms with Crippen LogP contribution in [0.5, 0.6) is 5.75 Å². The van der Waals surface area contributed by atoms with Gasteiger partial charge in [0.25, 0.3) is 0 Å². The molecule has 0 fully saturated rings. The lowest BCUT2D eigenvalue weighted by molar-refractivity contribution is -0.138. The Balaban J connectivity index is 1.62. The van der Waals surface area contributed by atoms with Gasteiger partial charge in [-0.3, -0.25) is 10.4 Å². The lowest BCUT2D eigenvalue weighted by atomic mass is 10.1. The van der Waals surface area contributed by atoms with E-state index in [4.69, 9.17) is 10.1 Å². The molecule has 2 aromatic carbocycles. The average Bonchev–Trinajstić information content (AvgIpc) is 2.78. The van der Waals surface area contributed by atoms with E-state index in [1.54, 1.807) is 12.3 Å². The number of benzene rings is 2. The third kappa shape index (κ3) is 4.30. The van der Waals surface area contributed by atoms with Crippen LogP contribution in [0.4, 0.5) is 24.8 Å². The zero-order chi connectivity index (χ0) is 22.0. The minimum Gasteiger partial charge on any atom is -0.496 e. The van der Waals surface area contributed by atoms with Gasteiger partial charge in [0.15, 0.2) is 0 Å². The number of ether oxygens (including phenoxy) is 1. The van der Waals surface area contributed by atoms with Crippen molar-refractivity contribution in [2.24, 2.45) is 0 Å². The molecule has 0 saturated carbocycles. The van der Waals surface area contributed by atoms with Crippen molar-refractivity contribution in [1.29, 1.82) is 5.41 Å². The fourth-order valence-corrected chi connectivity index (χ4v) is 3.05. The van der Waals surface area contributed by atoms with Crippen molar-refractivity contribution in [2.45, 2.75) is 6.18 Å². The number of hydrogen-bond donors (Lipinski definition) is 2. The van der Waals surface area contributed by atoms with Gasteiger partial charge in [0, 0.05) is 29.0 Å². The predicted molar refractivity (Wildman–Crippen MR) is 111 cm³/mol. The Morgan fingerprint density at radius 3 is 2.61 bits per heavy atom. The second-order valence-electron chi connectivity index (χ2n) is 6.60. The van der Waals surface area contributed by atoms with Crippen LogP contribution in [0.15, 0.2) is 67.0 Å². The largest absolute Gasteiger partial charge is 0.496 e. The molecule has 0 aliphatic carbocycles. The summed E-state index contributed by atoms with van der Waals surface area (Å²) in [4.78, 5) is 12.7. The summed E-state index contributed by atoms with van der Waals surface area (Å²) in [6.45, 7) is 0. The highest BCUT2D eigenvalue weighted by molar-refractivity contribution is 6.10. The molecule has 9 heteroatoms. The molecule has 0 aliphatic heterocycles. The Labute approximate surface area is 175 Å². The van der Waals surface area contributed by atoms with Gasteiger partial charge in [-0.05, 0) is 36.4 Å². The fraction of sp³-hybridized carbons (Fsp3) is 0.0909. The minimum absolute atomic E-state index is 0.0642. The molecule has 0 aliphatic rings. The van der Waals surface area contributed by atoms with Crippen molar-refractivity contribution in [3.05, 3.63) is 83.8 Å². The van der Waals surface area contributed by atoms with Crippen LogP contribution in [-0.2, 0) is 6.18 Å². The van der Waals surface area contributed by atoms with Crippen LogP contribution in [0.2, 0.25) is 0 Å². The number of nitrogens with zero attached hydrogens (tertiary/aromatic N) is 3. The van der Waals surface area contributed by atoms with Crippen LogP contribution in [0, 0.1) is 5.41 Å². The zero-order valence-electron chi connectivity index (χ0n) is 16.2. The number of alkyl halides is 3. The first kappa shape index (κ1) is 20.3. The molecule has 4 rings (SSSR count). The number of hydrogen-bond acceptors (Lipinski definition) is 6. The number of nitrogens with one attached hydrogen (secondary N) is 2. The molecule has 0 unspecified atom stereocenters. The van der Waals surface area contributed by atoms with Crippen molar-refractivity contribution in [2.75, 3.05) is 12.4 Å². The Morgan fingerprint density at radius 1 is 1.03 bits per heavy atom. The summed E-state index contributed by atoms with van der Waals surface area (Å²) >= 11 is 0. The summed E-state index contributed by atoms with van der Waals surface area (Å²) < 4.78 is 44.5. The third-order valence-electron chi connectivity index (χ3n) is 4.55. The number of fused-ring (bicyclic) bond motifs is 1. The van der Waals surface area contributed by atoms with E-state index in [-0.39, 0.29) is 23.1 Å². The second-order valence-corrected chi connectivity index (χ2v) is 6.60. The molecular weight excluding hydrogens is 407 g/mol. The monoisotopic (exact) mass is 423 g/mol. The number of aromatic nitrogens is 3. The van der Waals surface area contributed by atoms with E-state index in [9.17, 15) is 13.2 Å². The molecule has 2 N–H and O–H groups in total. The van der Waals surface area contributed by atoms with Crippen molar-refractivity contribution in [3.63, 3.8) is 0 Å². The van der Waals surface area contributed by atoms with Crippen LogP contribution in [0.25, 0.3) is 10.9 Å². The summed E-state index contributed by atoms with van der Waals surface area (Å²) in [6, 6.07) is 14.5. The summed E-state index contributed by atoms with van der Waals surface area (Å²) in [6.07, 6.45) is -1.56. The van der Waals surface area contributed by atoms with Crippen LogP contribution in [0.1, 0.15) is 16.8 Å². The van der Waals surface area contributed by atoms with Crippen molar-refractivity contribution in [3.8, 4) is 5.75 Å². The van der Waals surface area contributed by atoms with E-state index in [0.29, 0.717) is 11.3 Å². The van der Waals surface area contributed by atoms with E-state index >= 15 is 0 Å². The van der Waals surface area contributed by atoms with Gasteiger partial charge in [-0.25, -0.2) is 9.97 Å². The van der Waals surface area contributed by atoms with Gasteiger partial charge >= 0.3 is 6.18 Å². The SMILES string of the molecule is COc1ccc(Nc2nccc(C(=N)c3cnc4ccccc4c3)n2)cc1C(F)(F)F. The summed E-state index contributed by atoms with van der Waals surface area (Å²) in [5.74, 6) is -0.215. The number of anilines is 2. The maximum atomic E-state index is 13.2. The molecule has 31 heavy (non-hydrogen) atoms. The molecule has 0 spiro atoms. The van der Waals surface area contributed by atoms with Crippen LogP contribution in [0.3, 0.4) is 0 Å². The Kier molecular flexibility index (Phi) is 5.24. The van der Waals surface area contributed by atoms with Gasteiger partial charge in [-0.15, -0.1) is 0 Å². The van der Waals surface area contributed by atoms with Crippen molar-refractivity contribution in [1.82, 2.24) is 15.0 Å². The van der Waals surface area contributed by atoms with Crippen molar-refractivity contribution < 1.29 is 17.9 Å². The second kappa shape index (κ2) is 8.02. The van der Waals surface area contributed by atoms with E-state index in [1.807, 2.05) is 30.3 Å². The molecule has 156 valence electrons. The molecule has 2 aromatic heterocycles. The fourth-order valence-electron chi connectivity index (χ4n) is 3.05. The summed E-state index contributed by atoms with van der Waals surface area (Å²) in [5.41, 5.74) is 1.03. The lowest BCUT2D eigenvalue weighted by Crippen LogP contribution is -2.09. The van der Waals surface area contributed by atoms with Crippen LogP contribution >= 0.6 is 0 Å². The van der Waals surface area contributed by atoms with Gasteiger partial charge < -0.3 is 10.1 Å². The number of rotatable bonds is 5. The molecule has 0 atom stereocenters. The number of pyridine rings is 1. The summed E-state index contributed by atoms with van der Waals surface area (Å²) in [7, 11) is 1.18.